The van der Waals surface area contributed by atoms with E-state index in [9.17, 15) is 8.42 Å². The molecule has 98 valence electrons. The second kappa shape index (κ2) is 4.40. The van der Waals surface area contributed by atoms with Crippen molar-refractivity contribution in [1.82, 2.24) is 0 Å². The van der Waals surface area contributed by atoms with Crippen LogP contribution in [0.15, 0.2) is 41.4 Å². The monoisotopic (exact) mass is 267 g/mol. The number of hydrogen-bond acceptors (Lipinski definition) is 4. The first-order chi connectivity index (χ1) is 8.36. The third-order valence-corrected chi connectivity index (χ3v) is 4.34. The maximum Gasteiger partial charge on any atom is 0.292 e. The summed E-state index contributed by atoms with van der Waals surface area (Å²) in [7, 11) is -3.66. The zero-order valence-electron chi connectivity index (χ0n) is 10.5. The standard InChI is InChI=1S/C13H17NO3S/c1-10(2)13(8-11-6-4-3-5-7-11)12(14)9-18(15,16)17-13/h3-7,9-10H,8,14H2,1-2H3. The van der Waals surface area contributed by atoms with Crippen molar-refractivity contribution in [2.75, 3.05) is 0 Å². The second-order valence-electron chi connectivity index (χ2n) is 4.86. The summed E-state index contributed by atoms with van der Waals surface area (Å²) in [5.74, 6) is -0.0359. The Labute approximate surface area is 108 Å². The van der Waals surface area contributed by atoms with E-state index >= 15 is 0 Å². The Morgan fingerprint density at radius 3 is 2.33 bits per heavy atom. The van der Waals surface area contributed by atoms with Crippen molar-refractivity contribution >= 4 is 10.1 Å². The summed E-state index contributed by atoms with van der Waals surface area (Å²) >= 11 is 0. The molecular weight excluding hydrogens is 250 g/mol. The maximum absolute atomic E-state index is 11.6. The molecule has 2 rings (SSSR count). The largest absolute Gasteiger partial charge is 0.399 e. The minimum Gasteiger partial charge on any atom is -0.399 e. The van der Waals surface area contributed by atoms with Gasteiger partial charge in [-0.1, -0.05) is 44.2 Å². The number of nitrogens with two attached hydrogens (primary N) is 1. The maximum atomic E-state index is 11.6. The van der Waals surface area contributed by atoms with Gasteiger partial charge in [-0.3, -0.25) is 4.18 Å². The molecule has 2 N–H and O–H groups in total. The molecule has 0 aromatic heterocycles. The molecule has 1 unspecified atom stereocenters. The lowest BCUT2D eigenvalue weighted by molar-refractivity contribution is 0.0752. The fourth-order valence-electron chi connectivity index (χ4n) is 2.20. The molecule has 1 atom stereocenters. The van der Waals surface area contributed by atoms with Gasteiger partial charge in [0.05, 0.1) is 11.1 Å². The van der Waals surface area contributed by atoms with Crippen LogP contribution >= 0.6 is 0 Å². The molecule has 0 bridgehead atoms. The molecule has 0 saturated heterocycles. The van der Waals surface area contributed by atoms with Gasteiger partial charge >= 0.3 is 0 Å². The van der Waals surface area contributed by atoms with Crippen molar-refractivity contribution in [3.63, 3.8) is 0 Å². The minimum atomic E-state index is -3.66. The van der Waals surface area contributed by atoms with Gasteiger partial charge < -0.3 is 5.73 Å². The Hall–Kier alpha value is -1.33. The van der Waals surface area contributed by atoms with Gasteiger partial charge in [0.2, 0.25) is 0 Å². The molecule has 0 spiro atoms. The molecule has 0 aliphatic carbocycles. The van der Waals surface area contributed by atoms with Crippen LogP contribution in [0.5, 0.6) is 0 Å². The van der Waals surface area contributed by atoms with Gasteiger partial charge in [-0.25, -0.2) is 0 Å². The molecule has 1 aromatic rings. The smallest absolute Gasteiger partial charge is 0.292 e. The number of rotatable bonds is 3. The predicted octanol–water partition coefficient (Wildman–Crippen LogP) is 1.78. The third kappa shape index (κ3) is 2.28. The van der Waals surface area contributed by atoms with Gasteiger partial charge in [0.15, 0.2) is 0 Å². The lowest BCUT2D eigenvalue weighted by Crippen LogP contribution is -2.43. The molecule has 5 heteroatoms. The molecular formula is C13H17NO3S. The van der Waals surface area contributed by atoms with Crippen LogP contribution in [0.3, 0.4) is 0 Å². The van der Waals surface area contributed by atoms with Crippen LogP contribution in [0.4, 0.5) is 0 Å². The van der Waals surface area contributed by atoms with Gasteiger partial charge in [0.25, 0.3) is 10.1 Å². The third-order valence-electron chi connectivity index (χ3n) is 3.27. The average Bonchev–Trinajstić information content (AvgIpc) is 2.51. The van der Waals surface area contributed by atoms with Crippen LogP contribution in [0.25, 0.3) is 0 Å². The van der Waals surface area contributed by atoms with Crippen LogP contribution < -0.4 is 5.73 Å². The van der Waals surface area contributed by atoms with Gasteiger partial charge in [-0.15, -0.1) is 0 Å². The highest BCUT2D eigenvalue weighted by molar-refractivity contribution is 7.90. The van der Waals surface area contributed by atoms with Crippen molar-refractivity contribution in [2.24, 2.45) is 11.7 Å². The Kier molecular flexibility index (Phi) is 3.21. The van der Waals surface area contributed by atoms with Crippen molar-refractivity contribution in [3.05, 3.63) is 47.0 Å². The predicted molar refractivity (Wildman–Crippen MR) is 70.0 cm³/mol. The number of benzene rings is 1. The van der Waals surface area contributed by atoms with E-state index in [1.165, 1.54) is 0 Å². The summed E-state index contributed by atoms with van der Waals surface area (Å²) in [6.45, 7) is 3.81. The lowest BCUT2D eigenvalue weighted by atomic mass is 9.82. The lowest BCUT2D eigenvalue weighted by Gasteiger charge is -2.32. The molecule has 0 amide bonds. The van der Waals surface area contributed by atoms with E-state index < -0.39 is 15.7 Å². The summed E-state index contributed by atoms with van der Waals surface area (Å²) in [4.78, 5) is 0. The first-order valence-electron chi connectivity index (χ1n) is 5.83. The van der Waals surface area contributed by atoms with Gasteiger partial charge in [0, 0.05) is 6.42 Å². The van der Waals surface area contributed by atoms with Crippen molar-refractivity contribution < 1.29 is 12.6 Å². The first-order valence-corrected chi connectivity index (χ1v) is 7.30. The zero-order valence-corrected chi connectivity index (χ0v) is 11.3. The van der Waals surface area contributed by atoms with E-state index in [0.717, 1.165) is 11.0 Å². The molecule has 18 heavy (non-hydrogen) atoms. The van der Waals surface area contributed by atoms with E-state index in [1.54, 1.807) is 0 Å². The van der Waals surface area contributed by atoms with Crippen LogP contribution in [0.1, 0.15) is 19.4 Å². The van der Waals surface area contributed by atoms with E-state index in [2.05, 4.69) is 0 Å². The van der Waals surface area contributed by atoms with Gasteiger partial charge in [-0.05, 0) is 11.5 Å². The van der Waals surface area contributed by atoms with E-state index in [4.69, 9.17) is 9.92 Å². The highest BCUT2D eigenvalue weighted by Crippen LogP contribution is 2.38. The van der Waals surface area contributed by atoms with Crippen LogP contribution in [0.2, 0.25) is 0 Å². The molecule has 1 heterocycles. The molecule has 1 aliphatic rings. The van der Waals surface area contributed by atoms with Gasteiger partial charge in [-0.2, -0.15) is 8.42 Å². The summed E-state index contributed by atoms with van der Waals surface area (Å²) in [6, 6.07) is 9.61. The molecule has 0 fully saturated rings. The van der Waals surface area contributed by atoms with Crippen molar-refractivity contribution in [2.45, 2.75) is 25.9 Å². The van der Waals surface area contributed by atoms with Crippen LogP contribution in [-0.2, 0) is 20.7 Å². The van der Waals surface area contributed by atoms with Gasteiger partial charge in [0.1, 0.15) is 5.60 Å². The summed E-state index contributed by atoms with van der Waals surface area (Å²) < 4.78 is 28.4. The molecule has 1 aromatic carbocycles. The topological polar surface area (TPSA) is 69.4 Å². The normalized spacial score (nSPS) is 26.3. The van der Waals surface area contributed by atoms with Crippen LogP contribution in [0, 0.1) is 5.92 Å². The zero-order chi connectivity index (χ0) is 13.4. The molecule has 0 saturated carbocycles. The first kappa shape index (κ1) is 13.1. The highest BCUT2D eigenvalue weighted by atomic mass is 32.2. The van der Waals surface area contributed by atoms with Crippen LogP contribution in [-0.4, -0.2) is 14.0 Å². The Balaban J connectivity index is 2.40. The Morgan fingerprint density at radius 2 is 1.89 bits per heavy atom. The summed E-state index contributed by atoms with van der Waals surface area (Å²) in [6.07, 6.45) is 0.451. The second-order valence-corrected chi connectivity index (χ2v) is 6.24. The van der Waals surface area contributed by atoms with Crippen molar-refractivity contribution in [3.8, 4) is 0 Å². The fourth-order valence-corrected chi connectivity index (χ4v) is 3.52. The average molecular weight is 267 g/mol. The Morgan fingerprint density at radius 1 is 1.28 bits per heavy atom. The molecule has 0 radical (unpaired) electrons. The van der Waals surface area contributed by atoms with E-state index in [-0.39, 0.29) is 11.6 Å². The minimum absolute atomic E-state index is 0.0359. The molecule has 1 aliphatic heterocycles. The summed E-state index contributed by atoms with van der Waals surface area (Å²) in [5, 5.41) is 1.02. The fraction of sp³-hybridized carbons (Fsp3) is 0.385. The van der Waals surface area contributed by atoms with E-state index in [1.807, 2.05) is 44.2 Å². The highest BCUT2D eigenvalue weighted by Gasteiger charge is 2.47. The van der Waals surface area contributed by atoms with E-state index in [0.29, 0.717) is 6.42 Å². The Bertz CT molecular complexity index is 563. The quantitative estimate of drug-likeness (QED) is 0.848. The molecule has 4 nitrogen and oxygen atoms in total. The summed E-state index contributed by atoms with van der Waals surface area (Å²) in [5.41, 5.74) is 6.22. The number of hydrogen-bond donors (Lipinski definition) is 1. The van der Waals surface area contributed by atoms with Crippen molar-refractivity contribution in [1.29, 1.82) is 0 Å². The SMILES string of the molecule is CC(C)C1(Cc2ccccc2)OS(=O)(=O)C=C1N.